The van der Waals surface area contributed by atoms with Gasteiger partial charge < -0.3 is 4.98 Å². The average Bonchev–Trinajstić information content (AvgIpc) is 3.42. The van der Waals surface area contributed by atoms with Crippen LogP contribution in [0.4, 0.5) is 0 Å². The minimum Gasteiger partial charge on any atom is -0.355 e. The molecular formula is C25H15N3S. The molecule has 0 spiro atoms. The van der Waals surface area contributed by atoms with Gasteiger partial charge in [0, 0.05) is 27.4 Å². The maximum absolute atomic E-state index is 4.85. The summed E-state index contributed by atoms with van der Waals surface area (Å²) >= 11 is 1.76. The van der Waals surface area contributed by atoms with Gasteiger partial charge in [-0.2, -0.15) is 0 Å². The lowest BCUT2D eigenvalue weighted by molar-refractivity contribution is 1.35. The van der Waals surface area contributed by atoms with Crippen molar-refractivity contribution in [2.45, 2.75) is 0 Å². The van der Waals surface area contributed by atoms with E-state index in [1.165, 1.54) is 43.1 Å². The van der Waals surface area contributed by atoms with Gasteiger partial charge in [0.2, 0.25) is 0 Å². The van der Waals surface area contributed by atoms with E-state index in [4.69, 9.17) is 4.98 Å². The fraction of sp³-hybridized carbons (Fsp3) is 0. The van der Waals surface area contributed by atoms with Crippen LogP contribution in [0.3, 0.4) is 0 Å². The third-order valence-electron chi connectivity index (χ3n) is 5.78. The Kier molecular flexibility index (Phi) is 2.88. The van der Waals surface area contributed by atoms with Crippen LogP contribution in [0, 0.1) is 0 Å². The van der Waals surface area contributed by atoms with Gasteiger partial charge in [0.05, 0.1) is 21.3 Å². The van der Waals surface area contributed by atoms with Crippen LogP contribution < -0.4 is 0 Å². The summed E-state index contributed by atoms with van der Waals surface area (Å²) < 4.78 is 3.56. The second kappa shape index (κ2) is 5.46. The molecule has 0 unspecified atom stereocenters. The predicted octanol–water partition coefficient (Wildman–Crippen LogP) is 7.00. The standard InChI is InChI=1S/C25H15N3S/c1-2-8-19-17(6-1)18-14-15(12-13-20(18)26-19)16-7-5-11-23-24(16)29-25-27-21-9-3-4-10-22(21)28(23)25/h1-14,26H. The van der Waals surface area contributed by atoms with E-state index in [-0.39, 0.29) is 0 Å². The van der Waals surface area contributed by atoms with Crippen LogP contribution in [0.5, 0.6) is 0 Å². The molecule has 0 amide bonds. The Labute approximate surface area is 169 Å². The van der Waals surface area contributed by atoms with Crippen molar-refractivity contribution in [1.82, 2.24) is 14.4 Å². The first-order chi connectivity index (χ1) is 14.4. The van der Waals surface area contributed by atoms with Gasteiger partial charge in [-0.3, -0.25) is 4.40 Å². The van der Waals surface area contributed by atoms with Gasteiger partial charge in [0.25, 0.3) is 0 Å². The number of benzene rings is 4. The Morgan fingerprint density at radius 1 is 0.724 bits per heavy atom. The summed E-state index contributed by atoms with van der Waals surface area (Å²) in [6.45, 7) is 0. The molecule has 7 rings (SSSR count). The highest BCUT2D eigenvalue weighted by Gasteiger charge is 2.15. The van der Waals surface area contributed by atoms with Crippen LogP contribution >= 0.6 is 11.3 Å². The van der Waals surface area contributed by atoms with E-state index in [0.29, 0.717) is 0 Å². The molecule has 0 aliphatic heterocycles. The molecule has 0 aliphatic rings. The van der Waals surface area contributed by atoms with E-state index in [1.807, 2.05) is 6.07 Å². The van der Waals surface area contributed by atoms with Crippen LogP contribution in [0.2, 0.25) is 0 Å². The summed E-state index contributed by atoms with van der Waals surface area (Å²) in [6, 6.07) is 30.1. The summed E-state index contributed by atoms with van der Waals surface area (Å²) in [5.74, 6) is 0. The van der Waals surface area contributed by atoms with Crippen molar-refractivity contribution < 1.29 is 0 Å². The molecule has 0 atom stereocenters. The number of fused-ring (bicyclic) bond motifs is 8. The zero-order chi connectivity index (χ0) is 18.9. The molecule has 0 saturated heterocycles. The molecule has 136 valence electrons. The van der Waals surface area contributed by atoms with Gasteiger partial charge in [-0.25, -0.2) is 4.98 Å². The second-order valence-electron chi connectivity index (χ2n) is 7.41. The maximum atomic E-state index is 4.85. The van der Waals surface area contributed by atoms with Crippen molar-refractivity contribution >= 4 is 59.4 Å². The highest BCUT2D eigenvalue weighted by Crippen LogP contribution is 2.38. The third-order valence-corrected chi connectivity index (χ3v) is 6.87. The van der Waals surface area contributed by atoms with Crippen molar-refractivity contribution in [2.75, 3.05) is 0 Å². The van der Waals surface area contributed by atoms with Crippen LogP contribution in [0.15, 0.2) is 84.9 Å². The number of imidazole rings is 1. The summed E-state index contributed by atoms with van der Waals surface area (Å²) in [5.41, 5.74) is 8.28. The summed E-state index contributed by atoms with van der Waals surface area (Å²) in [6.07, 6.45) is 0. The van der Waals surface area contributed by atoms with Crippen molar-refractivity contribution in [2.24, 2.45) is 0 Å². The van der Waals surface area contributed by atoms with Crippen LogP contribution in [-0.4, -0.2) is 14.4 Å². The van der Waals surface area contributed by atoms with Crippen molar-refractivity contribution in [1.29, 1.82) is 0 Å². The number of hydrogen-bond acceptors (Lipinski definition) is 2. The quantitative estimate of drug-likeness (QED) is 0.322. The number of H-pyrrole nitrogens is 1. The number of thiazole rings is 1. The van der Waals surface area contributed by atoms with Gasteiger partial charge in [0.1, 0.15) is 0 Å². The number of hydrogen-bond donors (Lipinski definition) is 1. The van der Waals surface area contributed by atoms with Crippen molar-refractivity contribution in [3.63, 3.8) is 0 Å². The molecule has 29 heavy (non-hydrogen) atoms. The highest BCUT2D eigenvalue weighted by atomic mass is 32.1. The first kappa shape index (κ1) is 15.3. The van der Waals surface area contributed by atoms with E-state index >= 15 is 0 Å². The fourth-order valence-electron chi connectivity index (χ4n) is 4.45. The van der Waals surface area contributed by atoms with Gasteiger partial charge in [0.15, 0.2) is 4.96 Å². The number of para-hydroxylation sites is 3. The molecule has 0 aliphatic carbocycles. The SMILES string of the molecule is c1ccc2c(c1)nc1sc3c(-c4ccc5[nH]c6ccccc6c5c4)cccc3n12. The molecule has 3 aromatic heterocycles. The molecule has 3 nitrogen and oxygen atoms in total. The van der Waals surface area contributed by atoms with Gasteiger partial charge in [-0.15, -0.1) is 0 Å². The van der Waals surface area contributed by atoms with Gasteiger partial charge in [-0.05, 0) is 42.0 Å². The average molecular weight is 389 g/mol. The lowest BCUT2D eigenvalue weighted by atomic mass is 10.0. The van der Waals surface area contributed by atoms with Crippen LogP contribution in [0.25, 0.3) is 59.1 Å². The Balaban J connectivity index is 1.55. The highest BCUT2D eigenvalue weighted by molar-refractivity contribution is 7.24. The molecule has 0 fully saturated rings. The summed E-state index contributed by atoms with van der Waals surface area (Å²) in [4.78, 5) is 9.41. The zero-order valence-corrected chi connectivity index (χ0v) is 16.2. The van der Waals surface area contributed by atoms with Crippen molar-refractivity contribution in [3.05, 3.63) is 84.9 Å². The predicted molar refractivity (Wildman–Crippen MR) is 123 cm³/mol. The molecule has 4 heteroatoms. The number of rotatable bonds is 1. The monoisotopic (exact) mass is 389 g/mol. The maximum Gasteiger partial charge on any atom is 0.195 e. The minimum atomic E-state index is 1.04. The van der Waals surface area contributed by atoms with E-state index in [1.54, 1.807) is 11.3 Å². The zero-order valence-electron chi connectivity index (χ0n) is 15.4. The summed E-state index contributed by atoms with van der Waals surface area (Å²) in [5, 5.41) is 2.53. The third kappa shape index (κ3) is 2.04. The molecule has 7 aromatic rings. The van der Waals surface area contributed by atoms with Crippen molar-refractivity contribution in [3.8, 4) is 11.1 Å². The molecule has 4 aromatic carbocycles. The Hall–Kier alpha value is -3.63. The topological polar surface area (TPSA) is 33.1 Å². The Morgan fingerprint density at radius 2 is 1.55 bits per heavy atom. The Bertz CT molecular complexity index is 1710. The number of nitrogens with zero attached hydrogens (tertiary/aromatic N) is 2. The smallest absolute Gasteiger partial charge is 0.195 e. The van der Waals surface area contributed by atoms with E-state index in [0.717, 1.165) is 16.0 Å². The minimum absolute atomic E-state index is 1.04. The van der Waals surface area contributed by atoms with E-state index in [2.05, 4.69) is 88.2 Å². The number of aromatic nitrogens is 3. The van der Waals surface area contributed by atoms with E-state index < -0.39 is 0 Å². The van der Waals surface area contributed by atoms with Gasteiger partial charge in [-0.1, -0.05) is 59.9 Å². The van der Waals surface area contributed by atoms with Crippen LogP contribution in [-0.2, 0) is 0 Å². The second-order valence-corrected chi connectivity index (χ2v) is 8.38. The fourth-order valence-corrected chi connectivity index (χ4v) is 5.62. The molecule has 1 N–H and O–H groups in total. The lowest BCUT2D eigenvalue weighted by Crippen LogP contribution is -1.83. The van der Waals surface area contributed by atoms with Crippen LogP contribution in [0.1, 0.15) is 0 Å². The van der Waals surface area contributed by atoms with Gasteiger partial charge >= 0.3 is 0 Å². The van der Waals surface area contributed by atoms with E-state index in [9.17, 15) is 0 Å². The normalized spacial score (nSPS) is 12.1. The first-order valence-corrected chi connectivity index (χ1v) is 10.5. The first-order valence-electron chi connectivity index (χ1n) is 9.66. The largest absolute Gasteiger partial charge is 0.355 e. The summed E-state index contributed by atoms with van der Waals surface area (Å²) in [7, 11) is 0. The molecule has 0 saturated carbocycles. The number of aromatic amines is 1. The molecular weight excluding hydrogens is 374 g/mol. The Morgan fingerprint density at radius 3 is 2.55 bits per heavy atom. The lowest BCUT2D eigenvalue weighted by Gasteiger charge is -2.04. The number of nitrogens with one attached hydrogen (secondary N) is 1. The molecule has 0 bridgehead atoms. The molecule has 0 radical (unpaired) electrons. The molecule has 3 heterocycles.